The molecule has 0 aliphatic carbocycles. The molecular weight excluding hydrogens is 393 g/mol. The van der Waals surface area contributed by atoms with Crippen molar-refractivity contribution >= 4 is 17.7 Å². The largest absolute Gasteiger partial charge is 0.490 e. The number of aromatic nitrogens is 2. The minimum absolute atomic E-state index is 0.0607. The number of nitrogens with two attached hydrogens (primary N) is 1. The average Bonchev–Trinajstić information content (AvgIpc) is 3.37. The first-order valence-electron chi connectivity index (χ1n) is 9.28. The molecule has 0 saturated carbocycles. The predicted octanol–water partition coefficient (Wildman–Crippen LogP) is -0.0613. The topological polar surface area (TPSA) is 125 Å². The molecule has 12 heteroatoms. The number of amides is 1. The van der Waals surface area contributed by atoms with E-state index in [4.69, 9.17) is 15.6 Å². The number of fused-ring (bicyclic) bond motifs is 1. The molecule has 0 radical (unpaired) electrons. The molecule has 160 valence electrons. The summed E-state index contributed by atoms with van der Waals surface area (Å²) in [6, 6.07) is 0.0915. The highest BCUT2D eigenvalue weighted by Gasteiger charge is 2.38. The number of alkyl halides is 3. The summed E-state index contributed by atoms with van der Waals surface area (Å²) in [5.74, 6) is -0.505. The Morgan fingerprint density at radius 3 is 2.21 bits per heavy atom. The van der Waals surface area contributed by atoms with Gasteiger partial charge in [0.25, 0.3) is 5.91 Å². The lowest BCUT2D eigenvalue weighted by Gasteiger charge is -2.19. The quantitative estimate of drug-likeness (QED) is 0.613. The van der Waals surface area contributed by atoms with E-state index in [2.05, 4.69) is 20.2 Å². The van der Waals surface area contributed by atoms with Crippen molar-refractivity contribution < 1.29 is 27.9 Å². The molecule has 4 N–H and O–H groups in total. The maximum absolute atomic E-state index is 12.3. The normalized spacial score (nSPS) is 26.1. The van der Waals surface area contributed by atoms with Crippen molar-refractivity contribution in [3.05, 3.63) is 18.1 Å². The van der Waals surface area contributed by atoms with Gasteiger partial charge in [-0.15, -0.1) is 0 Å². The van der Waals surface area contributed by atoms with Gasteiger partial charge in [0.1, 0.15) is 11.5 Å². The van der Waals surface area contributed by atoms with E-state index in [0.717, 1.165) is 38.4 Å². The first-order valence-corrected chi connectivity index (χ1v) is 9.28. The van der Waals surface area contributed by atoms with Gasteiger partial charge in [-0.3, -0.25) is 4.79 Å². The molecule has 4 heterocycles. The van der Waals surface area contributed by atoms with Gasteiger partial charge in [-0.25, -0.2) is 14.8 Å². The number of carboxylic acids is 1. The van der Waals surface area contributed by atoms with Crippen LogP contribution in [0.2, 0.25) is 0 Å². The summed E-state index contributed by atoms with van der Waals surface area (Å²) in [5, 5.41) is 10.6. The number of carbonyl (C=O) groups is 2. The van der Waals surface area contributed by atoms with E-state index in [-0.39, 0.29) is 11.9 Å². The van der Waals surface area contributed by atoms with E-state index in [1.807, 2.05) is 0 Å². The number of hydrogen-bond acceptors (Lipinski definition) is 7. The summed E-state index contributed by atoms with van der Waals surface area (Å²) < 4.78 is 31.7. The number of hydrogen-bond donors (Lipinski definition) is 3. The fraction of sp³-hybridized carbons (Fsp3) is 0.647. The van der Waals surface area contributed by atoms with Gasteiger partial charge in [0, 0.05) is 45.3 Å². The Bertz CT molecular complexity index is 733. The monoisotopic (exact) mass is 416 g/mol. The van der Waals surface area contributed by atoms with Crippen molar-refractivity contribution in [1.82, 2.24) is 20.2 Å². The number of anilines is 1. The predicted molar refractivity (Wildman–Crippen MR) is 96.3 cm³/mol. The van der Waals surface area contributed by atoms with Crippen LogP contribution in [-0.2, 0) is 4.79 Å². The lowest BCUT2D eigenvalue weighted by atomic mass is 10.0. The number of carboxylic acid groups (broad SMARTS) is 1. The Morgan fingerprint density at radius 2 is 1.76 bits per heavy atom. The molecule has 1 unspecified atom stereocenters. The van der Waals surface area contributed by atoms with Crippen LogP contribution < -0.4 is 16.0 Å². The number of likely N-dealkylation sites (tertiary alicyclic amines) is 1. The van der Waals surface area contributed by atoms with E-state index >= 15 is 0 Å². The van der Waals surface area contributed by atoms with Crippen LogP contribution in [-0.4, -0.2) is 83.3 Å². The van der Waals surface area contributed by atoms with Crippen LogP contribution in [0.5, 0.6) is 0 Å². The van der Waals surface area contributed by atoms with Crippen molar-refractivity contribution in [2.75, 3.05) is 44.2 Å². The summed E-state index contributed by atoms with van der Waals surface area (Å²) in [7, 11) is 0. The molecule has 1 aromatic heterocycles. The molecule has 4 rings (SSSR count). The molecule has 0 spiro atoms. The van der Waals surface area contributed by atoms with E-state index in [0.29, 0.717) is 30.6 Å². The number of nitrogens with zero attached hydrogens (tertiary/aromatic N) is 4. The third-order valence-electron chi connectivity index (χ3n) is 5.33. The third-order valence-corrected chi connectivity index (χ3v) is 5.33. The molecule has 1 amide bonds. The Kier molecular flexibility index (Phi) is 6.22. The zero-order valence-corrected chi connectivity index (χ0v) is 15.6. The maximum Gasteiger partial charge on any atom is 0.490 e. The number of rotatable bonds is 2. The van der Waals surface area contributed by atoms with Gasteiger partial charge in [0.2, 0.25) is 0 Å². The minimum Gasteiger partial charge on any atom is -0.475 e. The third kappa shape index (κ3) is 5.12. The van der Waals surface area contributed by atoms with E-state index in [1.165, 1.54) is 0 Å². The van der Waals surface area contributed by atoms with Crippen molar-refractivity contribution in [2.45, 2.75) is 18.6 Å². The smallest absolute Gasteiger partial charge is 0.475 e. The Morgan fingerprint density at radius 1 is 1.14 bits per heavy atom. The van der Waals surface area contributed by atoms with Crippen LogP contribution in [0.15, 0.2) is 12.4 Å². The molecule has 3 aliphatic heterocycles. The SMILES string of the molecule is NC1CCN(C(=O)c2cnc(N3C[C@H]4CNC[C@H]4C3)cn2)C1.O=C(O)C(F)(F)F. The highest BCUT2D eigenvalue weighted by Crippen LogP contribution is 2.29. The molecule has 3 atom stereocenters. The minimum atomic E-state index is -5.08. The summed E-state index contributed by atoms with van der Waals surface area (Å²) in [5.41, 5.74) is 6.27. The van der Waals surface area contributed by atoms with Crippen molar-refractivity contribution in [3.8, 4) is 0 Å². The second-order valence-corrected chi connectivity index (χ2v) is 7.45. The van der Waals surface area contributed by atoms with Gasteiger partial charge in [-0.05, 0) is 18.3 Å². The van der Waals surface area contributed by atoms with Gasteiger partial charge in [0.05, 0.1) is 12.4 Å². The highest BCUT2D eigenvalue weighted by atomic mass is 19.4. The van der Waals surface area contributed by atoms with E-state index in [9.17, 15) is 18.0 Å². The van der Waals surface area contributed by atoms with Crippen LogP contribution in [0.25, 0.3) is 0 Å². The van der Waals surface area contributed by atoms with E-state index < -0.39 is 12.1 Å². The summed E-state index contributed by atoms with van der Waals surface area (Å²) >= 11 is 0. The molecule has 3 fully saturated rings. The standard InChI is InChI=1S/C15H22N6O.C2HF3O2/c16-12-1-2-20(9-12)15(22)13-5-19-14(6-18-13)21-7-10-3-17-4-11(10)8-21;3-2(4,5)1(6)7/h5-6,10-12,17H,1-4,7-9,16H2;(H,6,7)/t10-,11+,12?;. The first kappa shape index (κ1) is 21.2. The Hall–Kier alpha value is -2.47. The molecule has 0 aromatic carbocycles. The Labute approximate surface area is 165 Å². The van der Waals surface area contributed by atoms with Crippen LogP contribution in [0.3, 0.4) is 0 Å². The summed E-state index contributed by atoms with van der Waals surface area (Å²) in [6.45, 7) is 5.58. The van der Waals surface area contributed by atoms with Gasteiger partial charge >= 0.3 is 12.1 Å². The number of carbonyl (C=O) groups excluding carboxylic acids is 1. The molecular formula is C17H23F3N6O3. The van der Waals surface area contributed by atoms with Crippen molar-refractivity contribution in [1.29, 1.82) is 0 Å². The summed E-state index contributed by atoms with van der Waals surface area (Å²) in [6.07, 6.45) is -0.882. The number of halogens is 3. The fourth-order valence-electron chi connectivity index (χ4n) is 3.77. The van der Waals surface area contributed by atoms with Gasteiger partial charge in [0.15, 0.2) is 0 Å². The number of aliphatic carboxylic acids is 1. The van der Waals surface area contributed by atoms with E-state index in [1.54, 1.807) is 17.3 Å². The fourth-order valence-corrected chi connectivity index (χ4v) is 3.77. The zero-order valence-electron chi connectivity index (χ0n) is 15.6. The summed E-state index contributed by atoms with van der Waals surface area (Å²) in [4.78, 5) is 34.1. The van der Waals surface area contributed by atoms with Gasteiger partial charge in [-0.1, -0.05) is 0 Å². The van der Waals surface area contributed by atoms with Gasteiger partial charge < -0.3 is 26.0 Å². The molecule has 29 heavy (non-hydrogen) atoms. The molecule has 3 aliphatic rings. The average molecular weight is 416 g/mol. The molecule has 1 aromatic rings. The molecule has 9 nitrogen and oxygen atoms in total. The molecule has 3 saturated heterocycles. The lowest BCUT2D eigenvalue weighted by molar-refractivity contribution is -0.192. The van der Waals surface area contributed by atoms with Crippen molar-refractivity contribution in [3.63, 3.8) is 0 Å². The highest BCUT2D eigenvalue weighted by molar-refractivity contribution is 5.92. The Balaban J connectivity index is 0.000000298. The maximum atomic E-state index is 12.3. The lowest BCUT2D eigenvalue weighted by Crippen LogP contribution is -2.32. The molecule has 0 bridgehead atoms. The zero-order chi connectivity index (χ0) is 21.2. The van der Waals surface area contributed by atoms with Crippen LogP contribution >= 0.6 is 0 Å². The van der Waals surface area contributed by atoms with Crippen LogP contribution in [0.4, 0.5) is 19.0 Å². The van der Waals surface area contributed by atoms with Crippen LogP contribution in [0, 0.1) is 11.8 Å². The number of nitrogens with one attached hydrogen (secondary N) is 1. The van der Waals surface area contributed by atoms with Crippen molar-refractivity contribution in [2.24, 2.45) is 17.6 Å². The second kappa shape index (κ2) is 8.49. The van der Waals surface area contributed by atoms with Crippen LogP contribution in [0.1, 0.15) is 16.9 Å². The van der Waals surface area contributed by atoms with Gasteiger partial charge in [-0.2, -0.15) is 13.2 Å². The second-order valence-electron chi connectivity index (χ2n) is 7.45. The first-order chi connectivity index (χ1) is 13.6.